The standard InChI is InChI=1S/C13H13ClN2/c14-10-12-8-9-15-13(16-12)7-6-11-4-2-1-3-5-11/h1-5,8-9H,6-7,10H2. The molecule has 0 aliphatic heterocycles. The summed E-state index contributed by atoms with van der Waals surface area (Å²) in [6, 6.07) is 12.2. The lowest BCUT2D eigenvalue weighted by Crippen LogP contribution is -1.99. The van der Waals surface area contributed by atoms with Crippen molar-refractivity contribution in [1.82, 2.24) is 9.97 Å². The van der Waals surface area contributed by atoms with Crippen molar-refractivity contribution < 1.29 is 0 Å². The molecular formula is C13H13ClN2. The highest BCUT2D eigenvalue weighted by molar-refractivity contribution is 6.16. The van der Waals surface area contributed by atoms with E-state index in [1.807, 2.05) is 24.3 Å². The Labute approximate surface area is 100 Å². The molecule has 0 bridgehead atoms. The molecule has 0 amide bonds. The summed E-state index contributed by atoms with van der Waals surface area (Å²) in [6.45, 7) is 0. The highest BCUT2D eigenvalue weighted by atomic mass is 35.5. The quantitative estimate of drug-likeness (QED) is 0.758. The van der Waals surface area contributed by atoms with E-state index in [1.165, 1.54) is 5.56 Å². The fourth-order valence-electron chi connectivity index (χ4n) is 1.54. The molecule has 16 heavy (non-hydrogen) atoms. The molecule has 0 spiro atoms. The summed E-state index contributed by atoms with van der Waals surface area (Å²) in [4.78, 5) is 8.60. The fourth-order valence-corrected chi connectivity index (χ4v) is 1.69. The molecule has 0 aliphatic carbocycles. The SMILES string of the molecule is ClCc1ccnc(CCc2ccccc2)n1. The predicted octanol–water partition coefficient (Wildman–Crippen LogP) is 3.00. The van der Waals surface area contributed by atoms with E-state index >= 15 is 0 Å². The average molecular weight is 233 g/mol. The third kappa shape index (κ3) is 3.04. The number of alkyl halides is 1. The van der Waals surface area contributed by atoms with Gasteiger partial charge in [0.15, 0.2) is 0 Å². The zero-order valence-electron chi connectivity index (χ0n) is 8.94. The summed E-state index contributed by atoms with van der Waals surface area (Å²) in [5.74, 6) is 1.31. The van der Waals surface area contributed by atoms with Crippen LogP contribution in [0, 0.1) is 0 Å². The van der Waals surface area contributed by atoms with E-state index in [4.69, 9.17) is 11.6 Å². The van der Waals surface area contributed by atoms with Gasteiger partial charge in [0.25, 0.3) is 0 Å². The number of aromatic nitrogens is 2. The second-order valence-corrected chi connectivity index (χ2v) is 3.85. The first kappa shape index (κ1) is 11.1. The van der Waals surface area contributed by atoms with Crippen LogP contribution in [0.25, 0.3) is 0 Å². The lowest BCUT2D eigenvalue weighted by molar-refractivity contribution is 0.843. The van der Waals surface area contributed by atoms with Gasteiger partial charge in [-0.3, -0.25) is 0 Å². The molecule has 82 valence electrons. The monoisotopic (exact) mass is 232 g/mol. The van der Waals surface area contributed by atoms with Gasteiger partial charge in [-0.2, -0.15) is 0 Å². The van der Waals surface area contributed by atoms with Gasteiger partial charge in [-0.15, -0.1) is 11.6 Å². The van der Waals surface area contributed by atoms with Crippen molar-refractivity contribution in [2.45, 2.75) is 18.7 Å². The topological polar surface area (TPSA) is 25.8 Å². The number of hydrogen-bond donors (Lipinski definition) is 0. The molecular weight excluding hydrogens is 220 g/mol. The molecule has 1 heterocycles. The van der Waals surface area contributed by atoms with Gasteiger partial charge in [-0.25, -0.2) is 9.97 Å². The summed E-state index contributed by atoms with van der Waals surface area (Å²) in [5.41, 5.74) is 2.20. The molecule has 0 saturated carbocycles. The first-order valence-corrected chi connectivity index (χ1v) is 5.82. The Morgan fingerprint density at radius 3 is 2.56 bits per heavy atom. The van der Waals surface area contributed by atoms with Crippen LogP contribution in [0.4, 0.5) is 0 Å². The Kier molecular flexibility index (Phi) is 3.89. The van der Waals surface area contributed by atoms with Crippen LogP contribution < -0.4 is 0 Å². The Hall–Kier alpha value is -1.41. The van der Waals surface area contributed by atoms with Crippen LogP contribution in [-0.4, -0.2) is 9.97 Å². The first-order valence-electron chi connectivity index (χ1n) is 5.29. The van der Waals surface area contributed by atoms with E-state index in [0.29, 0.717) is 5.88 Å². The highest BCUT2D eigenvalue weighted by Gasteiger charge is 1.99. The average Bonchev–Trinajstić information content (AvgIpc) is 2.38. The van der Waals surface area contributed by atoms with Crippen molar-refractivity contribution in [3.63, 3.8) is 0 Å². The molecule has 1 aromatic heterocycles. The van der Waals surface area contributed by atoms with Crippen LogP contribution in [0.3, 0.4) is 0 Å². The van der Waals surface area contributed by atoms with Crippen LogP contribution in [0.5, 0.6) is 0 Å². The van der Waals surface area contributed by atoms with Crippen LogP contribution in [0.15, 0.2) is 42.6 Å². The Morgan fingerprint density at radius 2 is 1.81 bits per heavy atom. The van der Waals surface area contributed by atoms with Gasteiger partial charge in [0, 0.05) is 12.6 Å². The maximum absolute atomic E-state index is 5.73. The van der Waals surface area contributed by atoms with Crippen LogP contribution in [-0.2, 0) is 18.7 Å². The van der Waals surface area contributed by atoms with E-state index in [1.54, 1.807) is 6.20 Å². The summed E-state index contributed by atoms with van der Waals surface area (Å²) < 4.78 is 0. The van der Waals surface area contributed by atoms with Crippen LogP contribution in [0.2, 0.25) is 0 Å². The number of benzene rings is 1. The molecule has 0 saturated heterocycles. The number of rotatable bonds is 4. The van der Waals surface area contributed by atoms with Gasteiger partial charge in [-0.1, -0.05) is 30.3 Å². The van der Waals surface area contributed by atoms with Gasteiger partial charge in [0.05, 0.1) is 11.6 Å². The molecule has 0 fully saturated rings. The van der Waals surface area contributed by atoms with Crippen LogP contribution in [0.1, 0.15) is 17.1 Å². The third-order valence-corrected chi connectivity index (χ3v) is 2.65. The highest BCUT2D eigenvalue weighted by Crippen LogP contribution is 2.05. The fraction of sp³-hybridized carbons (Fsp3) is 0.231. The number of aryl methyl sites for hydroxylation is 2. The molecule has 0 aliphatic rings. The maximum Gasteiger partial charge on any atom is 0.128 e. The van der Waals surface area contributed by atoms with E-state index in [9.17, 15) is 0 Å². The minimum atomic E-state index is 0.445. The second-order valence-electron chi connectivity index (χ2n) is 3.58. The molecule has 0 atom stereocenters. The van der Waals surface area contributed by atoms with Crippen LogP contribution >= 0.6 is 11.6 Å². The van der Waals surface area contributed by atoms with Crippen molar-refractivity contribution in [3.8, 4) is 0 Å². The Bertz CT molecular complexity index is 443. The summed E-state index contributed by atoms with van der Waals surface area (Å²) in [7, 11) is 0. The molecule has 2 aromatic rings. The van der Waals surface area contributed by atoms with Gasteiger partial charge >= 0.3 is 0 Å². The van der Waals surface area contributed by atoms with E-state index < -0.39 is 0 Å². The van der Waals surface area contributed by atoms with Crippen molar-refractivity contribution in [3.05, 3.63) is 59.7 Å². The summed E-state index contributed by atoms with van der Waals surface area (Å²) in [5, 5.41) is 0. The summed E-state index contributed by atoms with van der Waals surface area (Å²) >= 11 is 5.73. The van der Waals surface area contributed by atoms with Gasteiger partial charge < -0.3 is 0 Å². The molecule has 2 rings (SSSR count). The van der Waals surface area contributed by atoms with E-state index in [-0.39, 0.29) is 0 Å². The van der Waals surface area contributed by atoms with Crippen molar-refractivity contribution in [2.75, 3.05) is 0 Å². The van der Waals surface area contributed by atoms with Crippen molar-refractivity contribution >= 4 is 11.6 Å². The smallest absolute Gasteiger partial charge is 0.128 e. The Morgan fingerprint density at radius 1 is 1.00 bits per heavy atom. The number of hydrogen-bond acceptors (Lipinski definition) is 2. The molecule has 0 unspecified atom stereocenters. The minimum absolute atomic E-state index is 0.445. The third-order valence-electron chi connectivity index (χ3n) is 2.38. The van der Waals surface area contributed by atoms with Crippen molar-refractivity contribution in [1.29, 1.82) is 0 Å². The van der Waals surface area contributed by atoms with E-state index in [2.05, 4.69) is 22.1 Å². The molecule has 3 heteroatoms. The Balaban J connectivity index is 1.99. The van der Waals surface area contributed by atoms with Crippen molar-refractivity contribution in [2.24, 2.45) is 0 Å². The van der Waals surface area contributed by atoms with Gasteiger partial charge in [0.1, 0.15) is 5.82 Å². The normalized spacial score (nSPS) is 10.3. The number of nitrogens with zero attached hydrogens (tertiary/aromatic N) is 2. The molecule has 2 nitrogen and oxygen atoms in total. The maximum atomic E-state index is 5.73. The van der Waals surface area contributed by atoms with Gasteiger partial charge in [-0.05, 0) is 18.1 Å². The molecule has 0 radical (unpaired) electrons. The second kappa shape index (κ2) is 5.61. The molecule has 0 N–H and O–H groups in total. The van der Waals surface area contributed by atoms with Gasteiger partial charge in [0.2, 0.25) is 0 Å². The van der Waals surface area contributed by atoms with E-state index in [0.717, 1.165) is 24.4 Å². The predicted molar refractivity (Wildman–Crippen MR) is 65.4 cm³/mol. The number of halogens is 1. The molecule has 1 aromatic carbocycles. The summed E-state index contributed by atoms with van der Waals surface area (Å²) in [6.07, 6.45) is 3.59. The lowest BCUT2D eigenvalue weighted by Gasteiger charge is -2.01. The minimum Gasteiger partial charge on any atom is -0.241 e. The zero-order valence-corrected chi connectivity index (χ0v) is 9.69. The first-order chi connectivity index (χ1) is 7.88. The largest absolute Gasteiger partial charge is 0.241 e. The zero-order chi connectivity index (χ0) is 11.2. The lowest BCUT2D eigenvalue weighted by atomic mass is 10.1.